The molecule has 0 aromatic rings. The fourth-order valence-corrected chi connectivity index (χ4v) is 2.56. The number of rotatable bonds is 4. The van der Waals surface area contributed by atoms with Gasteiger partial charge in [-0.05, 0) is 26.1 Å². The zero-order chi connectivity index (χ0) is 11.6. The van der Waals surface area contributed by atoms with Crippen molar-refractivity contribution < 1.29 is 14.0 Å². The van der Waals surface area contributed by atoms with Gasteiger partial charge in [0.2, 0.25) is 8.32 Å². The Morgan fingerprint density at radius 1 is 1.60 bits per heavy atom. The van der Waals surface area contributed by atoms with Gasteiger partial charge in [0.05, 0.1) is 5.76 Å². The summed E-state index contributed by atoms with van der Waals surface area (Å²) in [6, 6.07) is 0. The molecule has 0 aliphatic carbocycles. The van der Waals surface area contributed by atoms with E-state index in [9.17, 15) is 4.79 Å². The molecule has 1 rings (SSSR count). The average Bonchev–Trinajstić information content (AvgIpc) is 2.43. The van der Waals surface area contributed by atoms with Crippen molar-refractivity contribution in [1.29, 1.82) is 0 Å². The summed E-state index contributed by atoms with van der Waals surface area (Å²) in [6.45, 7) is 12.1. The first kappa shape index (κ1) is 12.3. The zero-order valence-corrected chi connectivity index (χ0v) is 11.0. The second-order valence-electron chi connectivity index (χ2n) is 4.94. The van der Waals surface area contributed by atoms with Gasteiger partial charge in [-0.1, -0.05) is 13.5 Å². The minimum Gasteiger partial charge on any atom is -0.547 e. The Morgan fingerprint density at radius 3 is 2.60 bits per heavy atom. The standard InChI is InChI=1S/C11H20O3Si/c1-6-9-7-10(11(12)13-9)8(2)14-15(3,4)5/h9-10H,2,6-7H2,1,3-5H3. The molecular weight excluding hydrogens is 208 g/mol. The molecule has 0 amide bonds. The van der Waals surface area contributed by atoms with Crippen molar-refractivity contribution in [2.24, 2.45) is 5.92 Å². The van der Waals surface area contributed by atoms with E-state index in [2.05, 4.69) is 26.2 Å². The molecule has 0 radical (unpaired) electrons. The summed E-state index contributed by atoms with van der Waals surface area (Å²) in [5.41, 5.74) is 0. The third-order valence-electron chi connectivity index (χ3n) is 2.35. The molecule has 4 heteroatoms. The summed E-state index contributed by atoms with van der Waals surface area (Å²) in [5.74, 6) is 0.168. The van der Waals surface area contributed by atoms with E-state index in [-0.39, 0.29) is 18.0 Å². The van der Waals surface area contributed by atoms with Crippen molar-refractivity contribution in [1.82, 2.24) is 0 Å². The van der Waals surface area contributed by atoms with Gasteiger partial charge in [0, 0.05) is 6.42 Å². The van der Waals surface area contributed by atoms with E-state index in [0.717, 1.165) is 12.8 Å². The quantitative estimate of drug-likeness (QED) is 0.421. The van der Waals surface area contributed by atoms with Crippen molar-refractivity contribution in [2.45, 2.75) is 45.5 Å². The van der Waals surface area contributed by atoms with E-state index in [1.165, 1.54) is 0 Å². The molecule has 1 heterocycles. The summed E-state index contributed by atoms with van der Waals surface area (Å²) in [7, 11) is -1.66. The summed E-state index contributed by atoms with van der Waals surface area (Å²) in [6.07, 6.45) is 1.63. The molecular formula is C11H20O3Si. The molecule has 1 aliphatic heterocycles. The van der Waals surface area contributed by atoms with Crippen LogP contribution in [0, 0.1) is 5.92 Å². The first-order valence-electron chi connectivity index (χ1n) is 5.41. The fraction of sp³-hybridized carbons (Fsp3) is 0.727. The molecule has 3 nitrogen and oxygen atoms in total. The second-order valence-corrected chi connectivity index (χ2v) is 9.37. The van der Waals surface area contributed by atoms with Crippen LogP contribution in [0.15, 0.2) is 12.3 Å². The summed E-state index contributed by atoms with van der Waals surface area (Å²) in [5, 5.41) is 0. The van der Waals surface area contributed by atoms with E-state index in [1.807, 2.05) is 6.92 Å². The van der Waals surface area contributed by atoms with Crippen LogP contribution in [0.2, 0.25) is 19.6 Å². The van der Waals surface area contributed by atoms with Crippen molar-refractivity contribution in [3.05, 3.63) is 12.3 Å². The van der Waals surface area contributed by atoms with Crippen molar-refractivity contribution >= 4 is 14.3 Å². The Labute approximate surface area is 92.6 Å². The Hall–Kier alpha value is -0.773. The molecule has 1 aliphatic rings. The minimum absolute atomic E-state index is 0.0458. The number of hydrogen-bond acceptors (Lipinski definition) is 3. The molecule has 0 N–H and O–H groups in total. The Morgan fingerprint density at radius 2 is 2.20 bits per heavy atom. The molecule has 2 atom stereocenters. The van der Waals surface area contributed by atoms with Crippen LogP contribution in [-0.4, -0.2) is 20.4 Å². The molecule has 0 aromatic heterocycles. The maximum atomic E-state index is 11.5. The molecule has 1 fully saturated rings. The van der Waals surface area contributed by atoms with Gasteiger partial charge in [0.15, 0.2) is 0 Å². The molecule has 15 heavy (non-hydrogen) atoms. The van der Waals surface area contributed by atoms with Crippen LogP contribution in [0.1, 0.15) is 19.8 Å². The van der Waals surface area contributed by atoms with Gasteiger partial charge in [0.25, 0.3) is 0 Å². The summed E-state index contributed by atoms with van der Waals surface area (Å²) >= 11 is 0. The topological polar surface area (TPSA) is 35.5 Å². The lowest BCUT2D eigenvalue weighted by Gasteiger charge is -2.22. The molecule has 0 aromatic carbocycles. The lowest BCUT2D eigenvalue weighted by Crippen LogP contribution is -2.28. The van der Waals surface area contributed by atoms with Crippen molar-refractivity contribution in [2.75, 3.05) is 0 Å². The summed E-state index contributed by atoms with van der Waals surface area (Å²) in [4.78, 5) is 11.5. The van der Waals surface area contributed by atoms with E-state index in [0.29, 0.717) is 5.76 Å². The Balaban J connectivity index is 2.58. The Bertz CT molecular complexity index is 267. The molecule has 0 spiro atoms. The number of hydrogen-bond donors (Lipinski definition) is 0. The number of cyclic esters (lactones) is 1. The number of esters is 1. The van der Waals surface area contributed by atoms with E-state index in [1.54, 1.807) is 0 Å². The van der Waals surface area contributed by atoms with E-state index in [4.69, 9.17) is 9.16 Å². The van der Waals surface area contributed by atoms with Gasteiger partial charge in [-0.15, -0.1) is 0 Å². The highest BCUT2D eigenvalue weighted by molar-refractivity contribution is 6.70. The van der Waals surface area contributed by atoms with Gasteiger partial charge in [-0.2, -0.15) is 0 Å². The summed E-state index contributed by atoms with van der Waals surface area (Å²) < 4.78 is 10.9. The molecule has 86 valence electrons. The number of ether oxygens (including phenoxy) is 1. The van der Waals surface area contributed by atoms with Crippen LogP contribution >= 0.6 is 0 Å². The second kappa shape index (κ2) is 4.39. The van der Waals surface area contributed by atoms with Crippen LogP contribution in [0.4, 0.5) is 0 Å². The van der Waals surface area contributed by atoms with Crippen LogP contribution in [0.25, 0.3) is 0 Å². The SMILES string of the molecule is C=C(O[Si](C)(C)C)C1CC(CC)OC1=O. The van der Waals surface area contributed by atoms with Gasteiger partial charge >= 0.3 is 5.97 Å². The normalized spacial score (nSPS) is 26.3. The molecule has 0 bridgehead atoms. The van der Waals surface area contributed by atoms with Crippen LogP contribution < -0.4 is 0 Å². The van der Waals surface area contributed by atoms with Gasteiger partial charge in [0.1, 0.15) is 12.0 Å². The lowest BCUT2D eigenvalue weighted by molar-refractivity contribution is -0.144. The van der Waals surface area contributed by atoms with Gasteiger partial charge in [-0.3, -0.25) is 4.79 Å². The monoisotopic (exact) mass is 228 g/mol. The zero-order valence-electron chi connectivity index (χ0n) is 10.0. The third-order valence-corrected chi connectivity index (χ3v) is 3.22. The largest absolute Gasteiger partial charge is 0.547 e. The smallest absolute Gasteiger partial charge is 0.316 e. The predicted octanol–water partition coefficient (Wildman–Crippen LogP) is 2.69. The lowest BCUT2D eigenvalue weighted by atomic mass is 10.0. The van der Waals surface area contributed by atoms with Gasteiger partial charge < -0.3 is 9.16 Å². The Kier molecular flexibility index (Phi) is 3.60. The van der Waals surface area contributed by atoms with Crippen LogP contribution in [0.3, 0.4) is 0 Å². The number of carbonyl (C=O) groups is 1. The predicted molar refractivity (Wildman–Crippen MR) is 61.8 cm³/mol. The highest BCUT2D eigenvalue weighted by atomic mass is 28.4. The first-order valence-corrected chi connectivity index (χ1v) is 8.82. The third kappa shape index (κ3) is 3.37. The molecule has 2 unspecified atom stereocenters. The number of carbonyl (C=O) groups excluding carboxylic acids is 1. The highest BCUT2D eigenvalue weighted by Crippen LogP contribution is 2.30. The van der Waals surface area contributed by atoms with E-state index < -0.39 is 8.32 Å². The first-order chi connectivity index (χ1) is 6.83. The molecule has 0 saturated carbocycles. The van der Waals surface area contributed by atoms with Crippen LogP contribution in [-0.2, 0) is 14.0 Å². The molecule has 1 saturated heterocycles. The maximum Gasteiger partial charge on any atom is 0.316 e. The van der Waals surface area contributed by atoms with E-state index >= 15 is 0 Å². The van der Waals surface area contributed by atoms with Crippen molar-refractivity contribution in [3.63, 3.8) is 0 Å². The minimum atomic E-state index is -1.66. The average molecular weight is 228 g/mol. The fourth-order valence-electron chi connectivity index (χ4n) is 1.63. The van der Waals surface area contributed by atoms with Crippen LogP contribution in [0.5, 0.6) is 0 Å². The maximum absolute atomic E-state index is 11.5. The van der Waals surface area contributed by atoms with Gasteiger partial charge in [-0.25, -0.2) is 0 Å². The highest BCUT2D eigenvalue weighted by Gasteiger charge is 2.37. The van der Waals surface area contributed by atoms with Crippen molar-refractivity contribution in [3.8, 4) is 0 Å².